The van der Waals surface area contributed by atoms with E-state index in [0.717, 1.165) is 19.3 Å². The molecule has 66 valence electrons. The Hall–Kier alpha value is -0.340. The van der Waals surface area contributed by atoms with Crippen LogP contribution in [0.3, 0.4) is 0 Å². The first-order chi connectivity index (χ1) is 5.79. The maximum atomic E-state index is 10.4. The molecule has 0 bridgehead atoms. The van der Waals surface area contributed by atoms with Crippen LogP contribution in [0.2, 0.25) is 0 Å². The van der Waals surface area contributed by atoms with Crippen molar-refractivity contribution < 1.29 is 4.79 Å². The van der Waals surface area contributed by atoms with Gasteiger partial charge in [-0.2, -0.15) is 0 Å². The molecule has 0 aromatic carbocycles. The van der Waals surface area contributed by atoms with Gasteiger partial charge in [0, 0.05) is 11.3 Å². The van der Waals surface area contributed by atoms with Crippen molar-refractivity contribution in [1.82, 2.24) is 0 Å². The number of thiophene rings is 1. The van der Waals surface area contributed by atoms with Crippen LogP contribution in [0, 0.1) is 0 Å². The van der Waals surface area contributed by atoms with Crippen LogP contribution in [-0.2, 0) is 11.2 Å². The van der Waals surface area contributed by atoms with Crippen molar-refractivity contribution in [3.8, 4) is 0 Å². The molecular weight excluding hydrogens is 192 g/mol. The van der Waals surface area contributed by atoms with Gasteiger partial charge in [0.2, 0.25) is 5.24 Å². The second-order valence-corrected chi connectivity index (χ2v) is 4.10. The van der Waals surface area contributed by atoms with Crippen LogP contribution in [0.25, 0.3) is 0 Å². The molecule has 0 amide bonds. The van der Waals surface area contributed by atoms with Gasteiger partial charge in [0.1, 0.15) is 0 Å². The second-order valence-electron chi connectivity index (χ2n) is 2.64. The van der Waals surface area contributed by atoms with Crippen LogP contribution in [0.4, 0.5) is 0 Å². The Bertz CT molecular complexity index is 231. The first kappa shape index (κ1) is 9.75. The molecule has 0 unspecified atom stereocenters. The molecule has 0 atom stereocenters. The molecule has 0 saturated carbocycles. The lowest BCUT2D eigenvalue weighted by Gasteiger charge is -1.94. The molecule has 12 heavy (non-hydrogen) atoms. The molecule has 1 aromatic heterocycles. The molecule has 1 rings (SSSR count). The summed E-state index contributed by atoms with van der Waals surface area (Å²) in [7, 11) is 0. The van der Waals surface area contributed by atoms with E-state index in [1.54, 1.807) is 11.3 Å². The molecule has 0 saturated heterocycles. The van der Waals surface area contributed by atoms with E-state index in [-0.39, 0.29) is 5.24 Å². The van der Waals surface area contributed by atoms with Gasteiger partial charge in [-0.15, -0.1) is 11.3 Å². The summed E-state index contributed by atoms with van der Waals surface area (Å²) in [4.78, 5) is 11.8. The zero-order chi connectivity index (χ0) is 8.81. The third kappa shape index (κ3) is 3.88. The largest absolute Gasteiger partial charge is 0.281 e. The van der Waals surface area contributed by atoms with E-state index in [1.807, 2.05) is 6.07 Å². The normalized spacial score (nSPS) is 10.1. The molecule has 0 spiro atoms. The van der Waals surface area contributed by atoms with Gasteiger partial charge in [0.15, 0.2) is 0 Å². The number of carbonyl (C=O) groups is 1. The summed E-state index contributed by atoms with van der Waals surface area (Å²) in [6.07, 6.45) is 3.54. The van der Waals surface area contributed by atoms with Crippen molar-refractivity contribution in [1.29, 1.82) is 0 Å². The van der Waals surface area contributed by atoms with E-state index < -0.39 is 0 Å². The van der Waals surface area contributed by atoms with Gasteiger partial charge in [-0.1, -0.05) is 6.07 Å². The van der Waals surface area contributed by atoms with E-state index in [0.29, 0.717) is 6.42 Å². The smallest absolute Gasteiger partial charge is 0.221 e. The molecule has 0 N–H and O–H groups in total. The summed E-state index contributed by atoms with van der Waals surface area (Å²) < 4.78 is 0. The molecule has 0 radical (unpaired) electrons. The number of hydrogen-bond acceptors (Lipinski definition) is 2. The Labute approximate surface area is 81.4 Å². The third-order valence-electron chi connectivity index (χ3n) is 1.63. The minimum atomic E-state index is -0.221. The van der Waals surface area contributed by atoms with E-state index in [4.69, 9.17) is 11.6 Å². The van der Waals surface area contributed by atoms with Gasteiger partial charge in [-0.05, 0) is 42.3 Å². The summed E-state index contributed by atoms with van der Waals surface area (Å²) >= 11 is 6.97. The first-order valence-corrected chi connectivity index (χ1v) is 5.25. The van der Waals surface area contributed by atoms with Crippen molar-refractivity contribution >= 4 is 28.2 Å². The molecule has 1 nitrogen and oxygen atoms in total. The zero-order valence-corrected chi connectivity index (χ0v) is 8.33. The van der Waals surface area contributed by atoms with E-state index >= 15 is 0 Å². The van der Waals surface area contributed by atoms with Crippen LogP contribution >= 0.6 is 22.9 Å². The predicted molar refractivity (Wildman–Crippen MR) is 52.7 cm³/mol. The summed E-state index contributed by atoms with van der Waals surface area (Å²) in [5.74, 6) is 0. The predicted octanol–water partition coefficient (Wildman–Crippen LogP) is 3.23. The summed E-state index contributed by atoms with van der Waals surface area (Å²) in [5.41, 5.74) is 0. The molecular formula is C9H11ClOS. The average Bonchev–Trinajstić information content (AvgIpc) is 2.49. The Morgan fingerprint density at radius 1 is 1.50 bits per heavy atom. The van der Waals surface area contributed by atoms with Crippen molar-refractivity contribution in [3.63, 3.8) is 0 Å². The maximum Gasteiger partial charge on any atom is 0.221 e. The zero-order valence-electron chi connectivity index (χ0n) is 6.75. The minimum absolute atomic E-state index is 0.221. The van der Waals surface area contributed by atoms with Crippen LogP contribution in [0.5, 0.6) is 0 Å². The number of rotatable bonds is 5. The van der Waals surface area contributed by atoms with Crippen molar-refractivity contribution in [2.45, 2.75) is 25.7 Å². The van der Waals surface area contributed by atoms with Crippen LogP contribution < -0.4 is 0 Å². The SMILES string of the molecule is O=C(Cl)CCCCc1cccs1. The molecule has 0 aliphatic heterocycles. The number of carbonyl (C=O) groups excluding carboxylic acids is 1. The van der Waals surface area contributed by atoms with Gasteiger partial charge in [-0.3, -0.25) is 4.79 Å². The fraction of sp³-hybridized carbons (Fsp3) is 0.444. The first-order valence-electron chi connectivity index (χ1n) is 4.00. The Kier molecular flexibility index (Phi) is 4.33. The van der Waals surface area contributed by atoms with Gasteiger partial charge in [-0.25, -0.2) is 0 Å². The lowest BCUT2D eigenvalue weighted by atomic mass is 10.2. The number of aryl methyl sites for hydroxylation is 1. The van der Waals surface area contributed by atoms with Crippen molar-refractivity contribution in [3.05, 3.63) is 22.4 Å². The summed E-state index contributed by atoms with van der Waals surface area (Å²) in [5, 5.41) is 1.85. The second kappa shape index (κ2) is 5.33. The third-order valence-corrected chi connectivity index (χ3v) is 2.75. The fourth-order valence-electron chi connectivity index (χ4n) is 1.02. The highest BCUT2D eigenvalue weighted by Crippen LogP contribution is 2.12. The summed E-state index contributed by atoms with van der Waals surface area (Å²) in [6.45, 7) is 0. The van der Waals surface area contributed by atoms with E-state index in [1.165, 1.54) is 4.88 Å². The van der Waals surface area contributed by atoms with E-state index in [9.17, 15) is 4.79 Å². The Morgan fingerprint density at radius 3 is 2.92 bits per heavy atom. The maximum absolute atomic E-state index is 10.4. The Balaban J connectivity index is 2.07. The monoisotopic (exact) mass is 202 g/mol. The highest BCUT2D eigenvalue weighted by molar-refractivity contribution is 7.09. The molecule has 1 aromatic rings. The standard InChI is InChI=1S/C9H11ClOS/c10-9(11)6-2-1-4-8-5-3-7-12-8/h3,5,7H,1-2,4,6H2. The van der Waals surface area contributed by atoms with Crippen molar-refractivity contribution in [2.24, 2.45) is 0 Å². The van der Waals surface area contributed by atoms with Crippen molar-refractivity contribution in [2.75, 3.05) is 0 Å². The highest BCUT2D eigenvalue weighted by Gasteiger charge is 1.97. The number of unbranched alkanes of at least 4 members (excludes halogenated alkanes) is 1. The minimum Gasteiger partial charge on any atom is -0.281 e. The Morgan fingerprint density at radius 2 is 2.33 bits per heavy atom. The number of hydrogen-bond donors (Lipinski definition) is 0. The molecule has 0 fully saturated rings. The topological polar surface area (TPSA) is 17.1 Å². The van der Waals surface area contributed by atoms with Crippen LogP contribution in [-0.4, -0.2) is 5.24 Å². The lowest BCUT2D eigenvalue weighted by Crippen LogP contribution is -1.87. The summed E-state index contributed by atoms with van der Waals surface area (Å²) in [6, 6.07) is 4.17. The molecule has 0 aliphatic rings. The highest BCUT2D eigenvalue weighted by atomic mass is 35.5. The number of halogens is 1. The lowest BCUT2D eigenvalue weighted by molar-refractivity contribution is -0.111. The quantitative estimate of drug-likeness (QED) is 0.529. The van der Waals surface area contributed by atoms with Gasteiger partial charge in [0.25, 0.3) is 0 Å². The van der Waals surface area contributed by atoms with Crippen LogP contribution in [0.1, 0.15) is 24.1 Å². The fourth-order valence-corrected chi connectivity index (χ4v) is 1.90. The van der Waals surface area contributed by atoms with Crippen LogP contribution in [0.15, 0.2) is 17.5 Å². The van der Waals surface area contributed by atoms with E-state index in [2.05, 4.69) is 11.4 Å². The van der Waals surface area contributed by atoms with Gasteiger partial charge >= 0.3 is 0 Å². The average molecular weight is 203 g/mol. The molecule has 3 heteroatoms. The van der Waals surface area contributed by atoms with Gasteiger partial charge in [0.05, 0.1) is 0 Å². The van der Waals surface area contributed by atoms with Gasteiger partial charge < -0.3 is 0 Å². The molecule has 1 heterocycles. The molecule has 0 aliphatic carbocycles.